The van der Waals surface area contributed by atoms with Gasteiger partial charge in [-0.2, -0.15) is 0 Å². The smallest absolute Gasteiger partial charge is 0.241 e. The molecule has 209 valence electrons. The molecule has 0 aliphatic heterocycles. The zero-order chi connectivity index (χ0) is 29.3. The van der Waals surface area contributed by atoms with E-state index in [0.29, 0.717) is 0 Å². The number of hydrogen-bond acceptors (Lipinski definition) is 1. The lowest BCUT2D eigenvalue weighted by Crippen LogP contribution is -2.70. The summed E-state index contributed by atoms with van der Waals surface area (Å²) in [5, 5.41) is 4.23. The molecule has 0 atom stereocenters. The third kappa shape index (κ3) is 6.40. The van der Waals surface area contributed by atoms with E-state index in [0.717, 1.165) is 30.2 Å². The van der Waals surface area contributed by atoms with Gasteiger partial charge in [-0.15, -0.1) is 0 Å². The Morgan fingerprint density at radius 3 is 1.91 bits per heavy atom. The molecule has 0 aliphatic rings. The molecule has 0 saturated carbocycles. The molecule has 6 aromatic rings. The molecule has 0 unspecified atom stereocenters. The number of nitrogens with zero attached hydrogens (tertiary/aromatic N) is 2. The summed E-state index contributed by atoms with van der Waals surface area (Å²) in [6.07, 6.45) is 9.40. The summed E-state index contributed by atoms with van der Waals surface area (Å²) in [6.45, 7) is 2.26. The summed E-state index contributed by atoms with van der Waals surface area (Å²) in [6, 6.07) is 52.8. The van der Waals surface area contributed by atoms with Crippen molar-refractivity contribution in [2.24, 2.45) is 0 Å². The van der Waals surface area contributed by atoms with Crippen molar-refractivity contribution in [1.29, 1.82) is 0 Å². The van der Waals surface area contributed by atoms with Crippen LogP contribution in [0.15, 0.2) is 158 Å². The lowest BCUT2D eigenvalue weighted by atomic mass is 9.65. The topological polar surface area (TPSA) is 17.8 Å². The summed E-state index contributed by atoms with van der Waals surface area (Å²) in [4.78, 5) is 4.92. The maximum absolute atomic E-state index is 4.92. The molecule has 0 amide bonds. The highest BCUT2D eigenvalue weighted by Crippen LogP contribution is 2.18. The van der Waals surface area contributed by atoms with Gasteiger partial charge in [0, 0.05) is 18.6 Å². The minimum absolute atomic E-state index is 0.843. The van der Waals surface area contributed by atoms with E-state index in [1.807, 2.05) is 6.20 Å². The average molecular weight is 572 g/mol. The summed E-state index contributed by atoms with van der Waals surface area (Å²) in [5.74, 6) is 0. The number of imidazole rings is 1. The van der Waals surface area contributed by atoms with E-state index in [9.17, 15) is 0 Å². The molecule has 1 heterocycles. The van der Waals surface area contributed by atoms with E-state index in [1.165, 1.54) is 32.3 Å². The summed E-state index contributed by atoms with van der Waals surface area (Å²) >= 11 is 0. The Bertz CT molecular complexity index is 1720. The van der Waals surface area contributed by atoms with Crippen LogP contribution in [-0.4, -0.2) is 24.9 Å². The van der Waals surface area contributed by atoms with Gasteiger partial charge in [-0.25, -0.2) is 0 Å². The van der Waals surface area contributed by atoms with Gasteiger partial charge in [0.25, 0.3) is 0 Å². The molecule has 0 spiro atoms. The van der Waals surface area contributed by atoms with Gasteiger partial charge in [0.05, 0.1) is 5.72 Å². The quantitative estimate of drug-likeness (QED) is 0.105. The van der Waals surface area contributed by atoms with Crippen LogP contribution in [0.25, 0.3) is 11.5 Å². The molecule has 0 fully saturated rings. The fourth-order valence-electron chi connectivity index (χ4n) is 6.06. The van der Waals surface area contributed by atoms with Crippen molar-refractivity contribution in [1.82, 2.24) is 9.55 Å². The minimum atomic E-state index is -2.54. The van der Waals surface area contributed by atoms with Crippen LogP contribution in [0, 0.1) is 0 Å². The first-order valence-corrected chi connectivity index (χ1v) is 17.4. The number of hydrogen-bond donors (Lipinski definition) is 0. The van der Waals surface area contributed by atoms with E-state index in [2.05, 4.69) is 177 Å². The maximum atomic E-state index is 4.92. The Kier molecular flexibility index (Phi) is 8.96. The Hall–Kier alpha value is -4.67. The van der Waals surface area contributed by atoms with Crippen molar-refractivity contribution in [3.8, 4) is 0 Å². The largest absolute Gasteiger partial charge is 0.345 e. The van der Waals surface area contributed by atoms with Crippen molar-refractivity contribution in [2.45, 2.75) is 25.9 Å². The van der Waals surface area contributed by atoms with Crippen LogP contribution in [0.4, 0.5) is 0 Å². The molecule has 0 N–H and O–H groups in total. The molecule has 4 heteroatoms. The molecular weight excluding hydrogens is 535 g/mol. The summed E-state index contributed by atoms with van der Waals surface area (Å²) in [5.41, 5.74) is 5.83. The normalized spacial score (nSPS) is 11.8. The molecule has 43 heavy (non-hydrogen) atoms. The van der Waals surface area contributed by atoms with E-state index >= 15 is 0 Å². The lowest BCUT2D eigenvalue weighted by Gasteiger charge is -2.35. The molecule has 6 rings (SSSR count). The van der Waals surface area contributed by atoms with Crippen molar-refractivity contribution in [2.75, 3.05) is 0 Å². The second kappa shape index (κ2) is 13.5. The predicted molar refractivity (Wildman–Crippen MR) is 186 cm³/mol. The van der Waals surface area contributed by atoms with Crippen LogP contribution in [0.2, 0.25) is 0 Å². The number of aryl methyl sites for hydroxylation is 1. The zero-order valence-electron chi connectivity index (χ0n) is 24.7. The third-order valence-electron chi connectivity index (χ3n) is 8.16. The van der Waals surface area contributed by atoms with Crippen LogP contribution in [0.1, 0.15) is 30.0 Å². The molecule has 0 bridgehead atoms. The molecule has 2 nitrogen and oxygen atoms in total. The van der Waals surface area contributed by atoms with Gasteiger partial charge >= 0.3 is 0 Å². The van der Waals surface area contributed by atoms with Gasteiger partial charge < -0.3 is 4.57 Å². The van der Waals surface area contributed by atoms with Gasteiger partial charge in [-0.3, -0.25) is 4.98 Å². The standard InChI is InChI=1S/C39H36BN2Si/c1-2-16-32-19-15-26-37(29-32)43(35-22-11-5-12-23-35,36-24-13-6-14-25-36)31-42-28-27-41-39(42)40-38(34-20-9-4-10-21-34)30-33-17-7-3-8-18-33/h3-15,17-30H,2,16,31H2,1H3. The van der Waals surface area contributed by atoms with Crippen LogP contribution in [0.3, 0.4) is 0 Å². The number of aromatic nitrogens is 2. The molecule has 1 radical (unpaired) electrons. The molecule has 5 aromatic carbocycles. The molecule has 1 aromatic heterocycles. The van der Waals surface area contributed by atoms with Crippen molar-refractivity contribution in [3.05, 3.63) is 175 Å². The second-order valence-electron chi connectivity index (χ2n) is 11.0. The van der Waals surface area contributed by atoms with E-state index < -0.39 is 8.07 Å². The van der Waals surface area contributed by atoms with E-state index in [4.69, 9.17) is 4.98 Å². The third-order valence-corrected chi connectivity index (χ3v) is 12.9. The first-order valence-electron chi connectivity index (χ1n) is 15.1. The zero-order valence-corrected chi connectivity index (χ0v) is 25.7. The van der Waals surface area contributed by atoms with E-state index in [1.54, 1.807) is 0 Å². The van der Waals surface area contributed by atoms with Gasteiger partial charge in [0.1, 0.15) is 0 Å². The van der Waals surface area contributed by atoms with Crippen LogP contribution < -0.4 is 21.3 Å². The van der Waals surface area contributed by atoms with Gasteiger partial charge in [-0.05, 0) is 38.7 Å². The highest BCUT2D eigenvalue weighted by Gasteiger charge is 2.40. The van der Waals surface area contributed by atoms with Crippen LogP contribution in [0.5, 0.6) is 0 Å². The highest BCUT2D eigenvalue weighted by atomic mass is 28.3. The monoisotopic (exact) mass is 571 g/mol. The molecular formula is C39H36BN2Si. The van der Waals surface area contributed by atoms with Gasteiger partial charge in [-0.1, -0.05) is 170 Å². The van der Waals surface area contributed by atoms with Gasteiger partial charge in [0.2, 0.25) is 7.28 Å². The summed E-state index contributed by atoms with van der Waals surface area (Å²) in [7, 11) is -0.300. The van der Waals surface area contributed by atoms with E-state index in [-0.39, 0.29) is 0 Å². The predicted octanol–water partition coefficient (Wildman–Crippen LogP) is 6.07. The van der Waals surface area contributed by atoms with Crippen LogP contribution in [-0.2, 0) is 12.6 Å². The lowest BCUT2D eigenvalue weighted by molar-refractivity contribution is 0.893. The highest BCUT2D eigenvalue weighted by molar-refractivity contribution is 7.10. The molecule has 0 aliphatic carbocycles. The van der Waals surface area contributed by atoms with Crippen LogP contribution >= 0.6 is 0 Å². The van der Waals surface area contributed by atoms with Crippen molar-refractivity contribution in [3.63, 3.8) is 0 Å². The first-order chi connectivity index (χ1) is 21.3. The second-order valence-corrected chi connectivity index (χ2v) is 14.9. The SMILES string of the molecule is CCCc1cccc([Si](Cn2ccnc2[B]C(=Cc2ccccc2)c2ccccc2)(c2ccccc2)c2ccccc2)c1. The Morgan fingerprint density at radius 1 is 0.698 bits per heavy atom. The fourth-order valence-corrected chi connectivity index (χ4v) is 10.7. The van der Waals surface area contributed by atoms with Gasteiger partial charge in [0.15, 0.2) is 8.07 Å². The van der Waals surface area contributed by atoms with Crippen molar-refractivity contribution >= 4 is 48.2 Å². The molecule has 0 saturated heterocycles. The Morgan fingerprint density at radius 2 is 1.28 bits per heavy atom. The number of rotatable bonds is 11. The minimum Gasteiger partial charge on any atom is -0.345 e. The average Bonchev–Trinajstić information content (AvgIpc) is 3.51. The van der Waals surface area contributed by atoms with Crippen molar-refractivity contribution < 1.29 is 0 Å². The number of benzene rings is 5. The Balaban J connectivity index is 1.49. The fraction of sp³-hybridized carbons (Fsp3) is 0.103. The first kappa shape index (κ1) is 28.5. The summed E-state index contributed by atoms with van der Waals surface area (Å²) < 4.78 is 2.38. The maximum Gasteiger partial charge on any atom is 0.241 e. The Labute approximate surface area is 257 Å².